The lowest BCUT2D eigenvalue weighted by molar-refractivity contribution is -0.142. The lowest BCUT2D eigenvalue weighted by Crippen LogP contribution is -2.51. The average Bonchev–Trinajstić information content (AvgIpc) is 2.84. The van der Waals surface area contributed by atoms with E-state index < -0.39 is 6.04 Å². The molecule has 0 heterocycles. The van der Waals surface area contributed by atoms with Crippen LogP contribution < -0.4 is 10.1 Å². The minimum atomic E-state index is -0.672. The number of benzene rings is 3. The Morgan fingerprint density at radius 1 is 0.939 bits per heavy atom. The molecule has 0 aliphatic carbocycles. The van der Waals surface area contributed by atoms with Crippen LogP contribution in [0.3, 0.4) is 0 Å². The Kier molecular flexibility index (Phi) is 9.33. The summed E-state index contributed by atoms with van der Waals surface area (Å²) in [5.41, 5.74) is 1.92. The molecule has 0 saturated carbocycles. The Morgan fingerprint density at radius 3 is 2.24 bits per heavy atom. The lowest BCUT2D eigenvalue weighted by atomic mass is 10.0. The van der Waals surface area contributed by atoms with Gasteiger partial charge in [0.05, 0.1) is 0 Å². The molecular formula is C27H29ClN2O3. The highest BCUT2D eigenvalue weighted by Gasteiger charge is 2.30. The highest BCUT2D eigenvalue weighted by molar-refractivity contribution is 6.30. The molecule has 3 rings (SSSR count). The summed E-state index contributed by atoms with van der Waals surface area (Å²) in [4.78, 5) is 28.2. The van der Waals surface area contributed by atoms with Gasteiger partial charge in [-0.3, -0.25) is 9.59 Å². The number of halogens is 1. The number of hydrogen-bond acceptors (Lipinski definition) is 3. The van der Waals surface area contributed by atoms with Gasteiger partial charge in [-0.25, -0.2) is 0 Å². The molecule has 0 spiro atoms. The van der Waals surface area contributed by atoms with Gasteiger partial charge in [0.25, 0.3) is 5.91 Å². The zero-order valence-corrected chi connectivity index (χ0v) is 19.5. The van der Waals surface area contributed by atoms with E-state index in [9.17, 15) is 9.59 Å². The molecule has 0 fully saturated rings. The predicted molar refractivity (Wildman–Crippen MR) is 131 cm³/mol. The summed E-state index contributed by atoms with van der Waals surface area (Å²) >= 11 is 6.03. The number of nitrogens with one attached hydrogen (secondary N) is 1. The molecule has 3 aromatic rings. The molecule has 0 aliphatic rings. The number of carbonyl (C=O) groups excluding carboxylic acids is 2. The maximum absolute atomic E-state index is 13.4. The second kappa shape index (κ2) is 12.7. The molecule has 0 bridgehead atoms. The van der Waals surface area contributed by atoms with Gasteiger partial charge < -0.3 is 15.0 Å². The van der Waals surface area contributed by atoms with E-state index in [-0.39, 0.29) is 18.4 Å². The third kappa shape index (κ3) is 7.65. The molecule has 1 atom stereocenters. The van der Waals surface area contributed by atoms with Crippen molar-refractivity contribution in [2.75, 3.05) is 13.2 Å². The van der Waals surface area contributed by atoms with Crippen LogP contribution in [0, 0.1) is 0 Å². The van der Waals surface area contributed by atoms with Crippen molar-refractivity contribution in [3.63, 3.8) is 0 Å². The Morgan fingerprint density at radius 2 is 1.61 bits per heavy atom. The summed E-state index contributed by atoms with van der Waals surface area (Å²) in [6.45, 7) is 2.66. The van der Waals surface area contributed by atoms with Crippen LogP contribution in [0.4, 0.5) is 0 Å². The van der Waals surface area contributed by atoms with E-state index in [0.29, 0.717) is 30.3 Å². The first-order valence-corrected chi connectivity index (χ1v) is 11.5. The van der Waals surface area contributed by atoms with Crippen LogP contribution in [0.25, 0.3) is 0 Å². The molecule has 2 amide bonds. The third-order valence-electron chi connectivity index (χ3n) is 5.17. The van der Waals surface area contributed by atoms with Crippen LogP contribution >= 0.6 is 11.6 Å². The van der Waals surface area contributed by atoms with E-state index in [0.717, 1.165) is 17.5 Å². The Hall–Kier alpha value is -3.31. The van der Waals surface area contributed by atoms with Gasteiger partial charge in [-0.15, -0.1) is 0 Å². The molecule has 0 saturated heterocycles. The molecule has 0 unspecified atom stereocenters. The number of carbonyl (C=O) groups is 2. The van der Waals surface area contributed by atoms with Crippen LogP contribution in [0.15, 0.2) is 84.9 Å². The number of rotatable bonds is 11. The molecule has 5 nitrogen and oxygen atoms in total. The molecule has 3 aromatic carbocycles. The first-order valence-electron chi connectivity index (χ1n) is 11.1. The van der Waals surface area contributed by atoms with Gasteiger partial charge in [-0.2, -0.15) is 0 Å². The molecule has 0 aliphatic heterocycles. The van der Waals surface area contributed by atoms with Crippen molar-refractivity contribution in [1.82, 2.24) is 10.2 Å². The van der Waals surface area contributed by atoms with Gasteiger partial charge >= 0.3 is 0 Å². The lowest BCUT2D eigenvalue weighted by Gasteiger charge is -2.31. The summed E-state index contributed by atoms with van der Waals surface area (Å²) in [6, 6.07) is 25.6. The maximum atomic E-state index is 13.4. The summed E-state index contributed by atoms with van der Waals surface area (Å²) in [5.74, 6) is 0.0599. The largest absolute Gasteiger partial charge is 0.484 e. The SMILES string of the molecule is CCCNC(=O)[C@@H](Cc1ccccc1)N(Cc1ccccc1)C(=O)COc1cccc(Cl)c1. The minimum absolute atomic E-state index is 0.173. The smallest absolute Gasteiger partial charge is 0.261 e. The normalized spacial score (nSPS) is 11.5. The fourth-order valence-corrected chi connectivity index (χ4v) is 3.67. The zero-order valence-electron chi connectivity index (χ0n) is 18.7. The van der Waals surface area contributed by atoms with Crippen molar-refractivity contribution in [2.24, 2.45) is 0 Å². The van der Waals surface area contributed by atoms with Crippen molar-refractivity contribution >= 4 is 23.4 Å². The van der Waals surface area contributed by atoms with Gasteiger partial charge in [0.2, 0.25) is 5.91 Å². The quantitative estimate of drug-likeness (QED) is 0.439. The number of ether oxygens (including phenoxy) is 1. The molecular weight excluding hydrogens is 436 g/mol. The first-order chi connectivity index (χ1) is 16.1. The Labute approximate surface area is 200 Å². The minimum Gasteiger partial charge on any atom is -0.484 e. The summed E-state index contributed by atoms with van der Waals surface area (Å²) in [6.07, 6.45) is 1.22. The number of amides is 2. The van der Waals surface area contributed by atoms with E-state index in [1.54, 1.807) is 29.2 Å². The number of hydrogen-bond donors (Lipinski definition) is 1. The molecule has 0 radical (unpaired) electrons. The van der Waals surface area contributed by atoms with Gasteiger partial charge in [0.1, 0.15) is 11.8 Å². The summed E-state index contributed by atoms with van der Waals surface area (Å²) in [5, 5.41) is 3.49. The van der Waals surface area contributed by atoms with Crippen LogP contribution in [0.1, 0.15) is 24.5 Å². The van der Waals surface area contributed by atoms with E-state index in [2.05, 4.69) is 5.32 Å². The monoisotopic (exact) mass is 464 g/mol. The zero-order chi connectivity index (χ0) is 23.5. The van der Waals surface area contributed by atoms with E-state index in [1.165, 1.54) is 0 Å². The number of nitrogens with zero attached hydrogens (tertiary/aromatic N) is 1. The van der Waals surface area contributed by atoms with Crippen LogP contribution in [-0.2, 0) is 22.6 Å². The molecule has 1 N–H and O–H groups in total. The highest BCUT2D eigenvalue weighted by atomic mass is 35.5. The summed E-state index contributed by atoms with van der Waals surface area (Å²) < 4.78 is 5.72. The van der Waals surface area contributed by atoms with Gasteiger partial charge in [0, 0.05) is 24.5 Å². The van der Waals surface area contributed by atoms with Crippen LogP contribution in [-0.4, -0.2) is 35.9 Å². The van der Waals surface area contributed by atoms with Gasteiger partial charge in [0.15, 0.2) is 6.61 Å². The first kappa shape index (κ1) is 24.3. The molecule has 0 aromatic heterocycles. The maximum Gasteiger partial charge on any atom is 0.261 e. The predicted octanol–water partition coefficient (Wildman–Crippen LogP) is 4.89. The molecule has 33 heavy (non-hydrogen) atoms. The van der Waals surface area contributed by atoms with Crippen LogP contribution in [0.2, 0.25) is 5.02 Å². The molecule has 172 valence electrons. The fraction of sp³-hybridized carbons (Fsp3) is 0.259. The summed E-state index contributed by atoms with van der Waals surface area (Å²) in [7, 11) is 0. The van der Waals surface area contributed by atoms with Crippen LogP contribution in [0.5, 0.6) is 5.75 Å². The fourth-order valence-electron chi connectivity index (χ4n) is 3.48. The van der Waals surface area contributed by atoms with Crippen molar-refractivity contribution in [3.05, 3.63) is 101 Å². The van der Waals surface area contributed by atoms with Gasteiger partial charge in [-0.1, -0.05) is 85.3 Å². The van der Waals surface area contributed by atoms with E-state index in [4.69, 9.17) is 16.3 Å². The highest BCUT2D eigenvalue weighted by Crippen LogP contribution is 2.19. The van der Waals surface area contributed by atoms with Crippen molar-refractivity contribution in [1.29, 1.82) is 0 Å². The van der Waals surface area contributed by atoms with Crippen molar-refractivity contribution < 1.29 is 14.3 Å². The van der Waals surface area contributed by atoms with E-state index in [1.807, 2.05) is 67.6 Å². The second-order valence-corrected chi connectivity index (χ2v) is 8.19. The second-order valence-electron chi connectivity index (χ2n) is 7.75. The van der Waals surface area contributed by atoms with E-state index >= 15 is 0 Å². The Bertz CT molecular complexity index is 1030. The van der Waals surface area contributed by atoms with Crippen molar-refractivity contribution in [2.45, 2.75) is 32.4 Å². The molecule has 6 heteroatoms. The standard InChI is InChI=1S/C27H29ClN2O3/c1-2-16-29-27(32)25(17-21-10-5-3-6-11-21)30(19-22-12-7-4-8-13-22)26(31)20-33-24-15-9-14-23(28)18-24/h3-15,18,25H,2,16-17,19-20H2,1H3,(H,29,32)/t25-/m1/s1. The Balaban J connectivity index is 1.86. The van der Waals surface area contributed by atoms with Crippen molar-refractivity contribution in [3.8, 4) is 5.75 Å². The third-order valence-corrected chi connectivity index (χ3v) is 5.41. The van der Waals surface area contributed by atoms with Gasteiger partial charge in [-0.05, 0) is 35.7 Å². The topological polar surface area (TPSA) is 58.6 Å². The average molecular weight is 465 g/mol.